The number of allylic oxidation sites excluding steroid dienone is 5. The van der Waals surface area contributed by atoms with Gasteiger partial charge in [0.1, 0.15) is 11.5 Å². The smallest absolute Gasteiger partial charge is 0.331 e. The van der Waals surface area contributed by atoms with Gasteiger partial charge in [0, 0.05) is 11.1 Å². The summed E-state index contributed by atoms with van der Waals surface area (Å²) in [6, 6.07) is 2.96. The molecule has 1 rings (SSSR count). The number of carboxylic acid groups (broad SMARTS) is 1. The lowest BCUT2D eigenvalue weighted by Crippen LogP contribution is -2.19. The molecule has 0 aliphatic heterocycles. The highest BCUT2D eigenvalue weighted by molar-refractivity contribution is 5.86. The molecule has 0 spiro atoms. The van der Waals surface area contributed by atoms with Gasteiger partial charge in [0.25, 0.3) is 0 Å². The van der Waals surface area contributed by atoms with E-state index in [2.05, 4.69) is 6.08 Å². The molecule has 0 aliphatic carbocycles. The number of aryl methyl sites for hydroxylation is 1. The van der Waals surface area contributed by atoms with Crippen LogP contribution < -0.4 is 0 Å². The zero-order valence-corrected chi connectivity index (χ0v) is 20.0. The standard InChI is InChI=1S/C27H38O5/c1-19(2)9-6-12-22(26(30)31)13-7-10-20(3)11-8-15-27(5,32)16-14-23-18-24(28)21(4)17-25(23)29/h9,11,13-14,16-18,28-29,32H,6-8,10,12,15H2,1-5H3,(H,30,31)/b16-14-,20-11+,22-13+/t27-/m1/s1. The van der Waals surface area contributed by atoms with E-state index in [9.17, 15) is 25.2 Å². The van der Waals surface area contributed by atoms with Crippen LogP contribution in [0.5, 0.6) is 11.5 Å². The highest BCUT2D eigenvalue weighted by Crippen LogP contribution is 2.28. The first kappa shape index (κ1) is 27.2. The van der Waals surface area contributed by atoms with E-state index >= 15 is 0 Å². The van der Waals surface area contributed by atoms with Gasteiger partial charge >= 0.3 is 5.97 Å². The number of hydrogen-bond donors (Lipinski definition) is 4. The minimum Gasteiger partial charge on any atom is -0.508 e. The molecule has 0 aromatic heterocycles. The van der Waals surface area contributed by atoms with Crippen LogP contribution in [0.2, 0.25) is 0 Å². The van der Waals surface area contributed by atoms with Crippen molar-refractivity contribution >= 4 is 12.0 Å². The van der Waals surface area contributed by atoms with Gasteiger partial charge in [-0.05, 0) is 90.8 Å². The molecule has 1 aromatic carbocycles. The second kappa shape index (κ2) is 12.9. The Morgan fingerprint density at radius 2 is 1.62 bits per heavy atom. The highest BCUT2D eigenvalue weighted by Gasteiger charge is 2.15. The minimum absolute atomic E-state index is 0.0534. The van der Waals surface area contributed by atoms with Crippen molar-refractivity contribution in [2.75, 3.05) is 0 Å². The predicted octanol–water partition coefficient (Wildman–Crippen LogP) is 6.43. The Hall–Kier alpha value is -2.79. The lowest BCUT2D eigenvalue weighted by molar-refractivity contribution is -0.132. The van der Waals surface area contributed by atoms with Crippen LogP contribution in [0.4, 0.5) is 0 Å². The van der Waals surface area contributed by atoms with Crippen LogP contribution in [0.3, 0.4) is 0 Å². The number of benzene rings is 1. The van der Waals surface area contributed by atoms with Gasteiger partial charge in [0.05, 0.1) is 5.60 Å². The van der Waals surface area contributed by atoms with Gasteiger partial charge in [-0.1, -0.05) is 41.5 Å². The number of phenols is 2. The van der Waals surface area contributed by atoms with Gasteiger partial charge in [0.2, 0.25) is 0 Å². The Kier molecular flexibility index (Phi) is 11.0. The predicted molar refractivity (Wildman–Crippen MR) is 131 cm³/mol. The number of aromatic hydroxyl groups is 2. The van der Waals surface area contributed by atoms with Crippen molar-refractivity contribution < 1.29 is 25.2 Å². The molecular weight excluding hydrogens is 404 g/mol. The zero-order chi connectivity index (χ0) is 24.3. The summed E-state index contributed by atoms with van der Waals surface area (Å²) in [5.41, 5.74) is 2.76. The zero-order valence-electron chi connectivity index (χ0n) is 20.0. The summed E-state index contributed by atoms with van der Waals surface area (Å²) in [6.45, 7) is 9.42. The summed E-state index contributed by atoms with van der Waals surface area (Å²) in [7, 11) is 0. The third-order valence-electron chi connectivity index (χ3n) is 5.28. The summed E-state index contributed by atoms with van der Waals surface area (Å²) in [4.78, 5) is 11.4. The largest absolute Gasteiger partial charge is 0.508 e. The molecule has 0 saturated carbocycles. The number of aliphatic hydroxyl groups is 1. The quantitative estimate of drug-likeness (QED) is 0.170. The number of rotatable bonds is 12. The van der Waals surface area contributed by atoms with Crippen LogP contribution in [-0.2, 0) is 4.79 Å². The van der Waals surface area contributed by atoms with Gasteiger partial charge in [-0.25, -0.2) is 4.79 Å². The lowest BCUT2D eigenvalue weighted by Gasteiger charge is -2.18. The Balaban J connectivity index is 2.58. The second-order valence-corrected chi connectivity index (χ2v) is 8.87. The van der Waals surface area contributed by atoms with Gasteiger partial charge in [-0.3, -0.25) is 0 Å². The molecule has 0 aliphatic rings. The molecule has 176 valence electrons. The van der Waals surface area contributed by atoms with Crippen LogP contribution in [0, 0.1) is 6.92 Å². The van der Waals surface area contributed by atoms with Crippen LogP contribution in [0.25, 0.3) is 6.08 Å². The molecule has 0 fully saturated rings. The number of aliphatic carboxylic acids is 1. The number of phenolic OH excluding ortho intramolecular Hbond substituents is 2. The van der Waals surface area contributed by atoms with E-state index in [1.807, 2.05) is 26.8 Å². The SMILES string of the molecule is CC(C)=CCC/C(=C\CC/C(C)=C/CC[C@@](C)(O)/C=C\c1cc(O)c(C)cc1O)C(=O)O. The molecule has 5 heteroatoms. The molecule has 0 unspecified atom stereocenters. The average Bonchev–Trinajstić information content (AvgIpc) is 2.68. The van der Waals surface area contributed by atoms with E-state index in [4.69, 9.17) is 0 Å². The Bertz CT molecular complexity index is 897. The maximum Gasteiger partial charge on any atom is 0.331 e. The average molecular weight is 443 g/mol. The molecule has 5 nitrogen and oxygen atoms in total. The Labute approximate surface area is 192 Å². The highest BCUT2D eigenvalue weighted by atomic mass is 16.4. The maximum atomic E-state index is 11.4. The van der Waals surface area contributed by atoms with Crippen LogP contribution >= 0.6 is 0 Å². The van der Waals surface area contributed by atoms with Crippen molar-refractivity contribution in [3.05, 3.63) is 64.3 Å². The van der Waals surface area contributed by atoms with Crippen LogP contribution in [0.15, 0.2) is 53.2 Å². The molecule has 0 radical (unpaired) electrons. The van der Waals surface area contributed by atoms with Crippen molar-refractivity contribution in [2.24, 2.45) is 0 Å². The first-order chi connectivity index (χ1) is 14.9. The van der Waals surface area contributed by atoms with Crippen LogP contribution in [0.1, 0.15) is 77.3 Å². The molecule has 1 atom stereocenters. The normalized spacial score (nSPS) is 14.4. The van der Waals surface area contributed by atoms with E-state index in [0.717, 1.165) is 18.4 Å². The molecule has 32 heavy (non-hydrogen) atoms. The number of carboxylic acids is 1. The van der Waals surface area contributed by atoms with Crippen LogP contribution in [-0.4, -0.2) is 32.0 Å². The molecule has 1 aromatic rings. The van der Waals surface area contributed by atoms with E-state index < -0.39 is 11.6 Å². The summed E-state index contributed by atoms with van der Waals surface area (Å²) < 4.78 is 0. The monoisotopic (exact) mass is 442 g/mol. The van der Waals surface area contributed by atoms with Crippen molar-refractivity contribution in [1.29, 1.82) is 0 Å². The van der Waals surface area contributed by atoms with Gasteiger partial charge in [0.15, 0.2) is 0 Å². The fourth-order valence-electron chi connectivity index (χ4n) is 3.18. The lowest BCUT2D eigenvalue weighted by atomic mass is 9.96. The molecule has 4 N–H and O–H groups in total. The van der Waals surface area contributed by atoms with Crippen molar-refractivity contribution in [3.8, 4) is 11.5 Å². The summed E-state index contributed by atoms with van der Waals surface area (Å²) in [6.07, 6.45) is 13.0. The van der Waals surface area contributed by atoms with E-state index in [1.165, 1.54) is 17.7 Å². The second-order valence-electron chi connectivity index (χ2n) is 8.87. The molecular formula is C27H38O5. The topological polar surface area (TPSA) is 98.0 Å². The molecule has 0 amide bonds. The molecule has 0 saturated heterocycles. The summed E-state index contributed by atoms with van der Waals surface area (Å²) in [5.74, 6) is -0.708. The maximum absolute atomic E-state index is 11.4. The van der Waals surface area contributed by atoms with Gasteiger partial charge in [-0.2, -0.15) is 0 Å². The van der Waals surface area contributed by atoms with Crippen molar-refractivity contribution in [3.63, 3.8) is 0 Å². The summed E-state index contributed by atoms with van der Waals surface area (Å²) in [5, 5.41) is 39.7. The fraction of sp³-hybridized carbons (Fsp3) is 0.444. The first-order valence-corrected chi connectivity index (χ1v) is 11.1. The third-order valence-corrected chi connectivity index (χ3v) is 5.28. The number of hydrogen-bond acceptors (Lipinski definition) is 4. The van der Waals surface area contributed by atoms with Gasteiger partial charge < -0.3 is 20.4 Å². The Morgan fingerprint density at radius 3 is 2.25 bits per heavy atom. The molecule has 0 bridgehead atoms. The van der Waals surface area contributed by atoms with E-state index in [0.29, 0.717) is 42.4 Å². The molecule has 0 heterocycles. The number of carbonyl (C=O) groups is 1. The van der Waals surface area contributed by atoms with E-state index in [1.54, 1.807) is 32.1 Å². The van der Waals surface area contributed by atoms with Crippen molar-refractivity contribution in [2.45, 2.75) is 78.7 Å². The Morgan fingerprint density at radius 1 is 0.969 bits per heavy atom. The van der Waals surface area contributed by atoms with Gasteiger partial charge in [-0.15, -0.1) is 0 Å². The fourth-order valence-corrected chi connectivity index (χ4v) is 3.18. The minimum atomic E-state index is -1.06. The summed E-state index contributed by atoms with van der Waals surface area (Å²) >= 11 is 0. The van der Waals surface area contributed by atoms with Crippen molar-refractivity contribution in [1.82, 2.24) is 0 Å². The third kappa shape index (κ3) is 10.5. The first-order valence-electron chi connectivity index (χ1n) is 11.1. The van der Waals surface area contributed by atoms with E-state index in [-0.39, 0.29) is 11.5 Å².